The minimum atomic E-state index is -0.904. The molecule has 7 nitrogen and oxygen atoms in total. The average molecular weight is 401 g/mol. The van der Waals surface area contributed by atoms with Crippen LogP contribution in [0.15, 0.2) is 36.7 Å². The lowest BCUT2D eigenvalue weighted by molar-refractivity contribution is 0.0745. The van der Waals surface area contributed by atoms with Gasteiger partial charge in [-0.05, 0) is 30.0 Å². The predicted octanol–water partition coefficient (Wildman–Crippen LogP) is 3.05. The van der Waals surface area contributed by atoms with Crippen molar-refractivity contribution in [3.63, 3.8) is 0 Å². The third-order valence-corrected chi connectivity index (χ3v) is 5.59. The van der Waals surface area contributed by atoms with E-state index < -0.39 is 11.6 Å². The van der Waals surface area contributed by atoms with Crippen LogP contribution < -0.4 is 10.6 Å². The van der Waals surface area contributed by atoms with Gasteiger partial charge in [-0.2, -0.15) is 0 Å². The highest BCUT2D eigenvalue weighted by Crippen LogP contribution is 2.30. The van der Waals surface area contributed by atoms with Crippen LogP contribution in [-0.2, 0) is 5.54 Å². The van der Waals surface area contributed by atoms with Crippen LogP contribution in [0.2, 0.25) is 0 Å². The molecule has 1 aromatic carbocycles. The Balaban J connectivity index is 1.81. The summed E-state index contributed by atoms with van der Waals surface area (Å²) in [5.74, 6) is 0.230. The molecule has 1 aliphatic rings. The number of carbonyl (C=O) groups is 1. The number of benzene rings is 1. The first kappa shape index (κ1) is 21.0. The Bertz CT molecular complexity index is 862. The molecule has 0 aliphatic carbocycles. The summed E-state index contributed by atoms with van der Waals surface area (Å²) in [5, 5.41) is 9.52. The standard InChI is InChI=1S/C21H28FN5O2/c1-20(2,3)17-13-26(9-10-27(17)19(28)29)18-24-11-15(12-25-18)21(4,23)14-5-7-16(22)8-6-14/h5-8,11-12,17H,9-10,13,23H2,1-4H3,(H,28,29)/t17?,21-/m0/s1. The molecular formula is C21H28FN5O2. The van der Waals surface area contributed by atoms with Gasteiger partial charge in [-0.25, -0.2) is 19.2 Å². The summed E-state index contributed by atoms with van der Waals surface area (Å²) in [5.41, 5.74) is 6.88. The molecule has 0 bridgehead atoms. The minimum absolute atomic E-state index is 0.170. The van der Waals surface area contributed by atoms with Gasteiger partial charge in [0.15, 0.2) is 0 Å². The number of carboxylic acid groups (broad SMARTS) is 1. The molecule has 2 atom stereocenters. The molecule has 1 unspecified atom stereocenters. The number of halogens is 1. The minimum Gasteiger partial charge on any atom is -0.465 e. The lowest BCUT2D eigenvalue weighted by atomic mass is 9.84. The van der Waals surface area contributed by atoms with Gasteiger partial charge in [-0.1, -0.05) is 32.9 Å². The largest absolute Gasteiger partial charge is 0.465 e. The summed E-state index contributed by atoms with van der Waals surface area (Å²) in [7, 11) is 0. The van der Waals surface area contributed by atoms with Gasteiger partial charge in [0, 0.05) is 37.6 Å². The normalized spacial score (nSPS) is 19.7. The molecule has 156 valence electrons. The number of hydrogen-bond donors (Lipinski definition) is 2. The average Bonchev–Trinajstić information content (AvgIpc) is 2.67. The van der Waals surface area contributed by atoms with Crippen molar-refractivity contribution >= 4 is 12.0 Å². The fourth-order valence-corrected chi connectivity index (χ4v) is 3.65. The number of aromatic nitrogens is 2. The first-order valence-electron chi connectivity index (χ1n) is 9.62. The van der Waals surface area contributed by atoms with Crippen LogP contribution in [0, 0.1) is 11.2 Å². The molecule has 0 saturated carbocycles. The van der Waals surface area contributed by atoms with E-state index in [1.165, 1.54) is 17.0 Å². The summed E-state index contributed by atoms with van der Waals surface area (Å²) in [6.07, 6.45) is 2.46. The number of amides is 1. The van der Waals surface area contributed by atoms with Crippen LogP contribution in [0.3, 0.4) is 0 Å². The van der Waals surface area contributed by atoms with Crippen LogP contribution in [0.4, 0.5) is 15.1 Å². The second-order valence-electron chi connectivity index (χ2n) is 8.78. The highest BCUT2D eigenvalue weighted by Gasteiger charge is 2.38. The number of piperazine rings is 1. The maximum absolute atomic E-state index is 13.2. The second kappa shape index (κ2) is 7.59. The quantitative estimate of drug-likeness (QED) is 0.821. The van der Waals surface area contributed by atoms with Gasteiger partial charge in [-0.3, -0.25) is 0 Å². The molecule has 3 N–H and O–H groups in total. The van der Waals surface area contributed by atoms with Crippen LogP contribution in [0.5, 0.6) is 0 Å². The summed E-state index contributed by atoms with van der Waals surface area (Å²) < 4.78 is 13.2. The second-order valence-corrected chi connectivity index (χ2v) is 8.78. The van der Waals surface area contributed by atoms with Crippen molar-refractivity contribution in [1.29, 1.82) is 0 Å². The number of hydrogen-bond acceptors (Lipinski definition) is 5. The van der Waals surface area contributed by atoms with Gasteiger partial charge in [0.1, 0.15) is 5.82 Å². The van der Waals surface area contributed by atoms with Gasteiger partial charge < -0.3 is 20.6 Å². The molecule has 1 amide bonds. The maximum atomic E-state index is 13.2. The van der Waals surface area contributed by atoms with E-state index in [2.05, 4.69) is 9.97 Å². The lowest BCUT2D eigenvalue weighted by Gasteiger charge is -2.45. The van der Waals surface area contributed by atoms with Gasteiger partial charge in [-0.15, -0.1) is 0 Å². The zero-order valence-corrected chi connectivity index (χ0v) is 17.3. The van der Waals surface area contributed by atoms with Crippen molar-refractivity contribution in [3.8, 4) is 0 Å². The Labute approximate surface area is 170 Å². The van der Waals surface area contributed by atoms with Crippen molar-refractivity contribution in [3.05, 3.63) is 53.6 Å². The number of nitrogens with two attached hydrogens (primary N) is 1. The topological polar surface area (TPSA) is 95.6 Å². The molecular weight excluding hydrogens is 373 g/mol. The molecule has 8 heteroatoms. The lowest BCUT2D eigenvalue weighted by Crippen LogP contribution is -2.59. The highest BCUT2D eigenvalue weighted by atomic mass is 19.1. The third kappa shape index (κ3) is 4.32. The zero-order chi connectivity index (χ0) is 21.4. The predicted molar refractivity (Wildman–Crippen MR) is 109 cm³/mol. The zero-order valence-electron chi connectivity index (χ0n) is 17.3. The van der Waals surface area contributed by atoms with Crippen molar-refractivity contribution in [2.24, 2.45) is 11.1 Å². The van der Waals surface area contributed by atoms with Crippen LogP contribution in [-0.4, -0.2) is 51.7 Å². The van der Waals surface area contributed by atoms with Gasteiger partial charge in [0.05, 0.1) is 11.6 Å². The van der Waals surface area contributed by atoms with Gasteiger partial charge in [0.2, 0.25) is 5.95 Å². The van der Waals surface area contributed by atoms with Crippen LogP contribution in [0.25, 0.3) is 0 Å². The van der Waals surface area contributed by atoms with Crippen molar-refractivity contribution in [2.75, 3.05) is 24.5 Å². The Morgan fingerprint density at radius 1 is 1.10 bits per heavy atom. The van der Waals surface area contributed by atoms with E-state index in [0.717, 1.165) is 5.56 Å². The third-order valence-electron chi connectivity index (χ3n) is 5.59. The Kier molecular flexibility index (Phi) is 5.49. The first-order chi connectivity index (χ1) is 13.5. The van der Waals surface area contributed by atoms with Gasteiger partial charge in [0.25, 0.3) is 0 Å². The Morgan fingerprint density at radius 3 is 2.21 bits per heavy atom. The Hall–Kier alpha value is -2.74. The first-order valence-corrected chi connectivity index (χ1v) is 9.62. The van der Waals surface area contributed by atoms with Crippen molar-refractivity contribution in [2.45, 2.75) is 39.3 Å². The molecule has 29 heavy (non-hydrogen) atoms. The molecule has 2 heterocycles. The summed E-state index contributed by atoms with van der Waals surface area (Å²) in [6.45, 7) is 9.37. The number of anilines is 1. The Morgan fingerprint density at radius 2 is 1.69 bits per heavy atom. The molecule has 3 rings (SSSR count). The number of rotatable bonds is 3. The van der Waals surface area contributed by atoms with Crippen molar-refractivity contribution < 1.29 is 14.3 Å². The molecule has 0 radical (unpaired) electrons. The van der Waals surface area contributed by atoms with E-state index in [1.54, 1.807) is 24.5 Å². The summed E-state index contributed by atoms with van der Waals surface area (Å²) in [4.78, 5) is 24.1. The van der Waals surface area contributed by atoms with E-state index in [9.17, 15) is 14.3 Å². The smallest absolute Gasteiger partial charge is 0.407 e. The molecule has 0 spiro atoms. The molecule has 1 aliphatic heterocycles. The van der Waals surface area contributed by atoms with Crippen molar-refractivity contribution in [1.82, 2.24) is 14.9 Å². The summed E-state index contributed by atoms with van der Waals surface area (Å²) >= 11 is 0. The molecule has 2 aromatic rings. The van der Waals surface area contributed by atoms with E-state index in [1.807, 2.05) is 32.6 Å². The van der Waals surface area contributed by atoms with Crippen LogP contribution in [0.1, 0.15) is 38.8 Å². The fourth-order valence-electron chi connectivity index (χ4n) is 3.65. The van der Waals surface area contributed by atoms with E-state index in [4.69, 9.17) is 5.73 Å². The molecule has 1 aromatic heterocycles. The fraction of sp³-hybridized carbons (Fsp3) is 0.476. The van der Waals surface area contributed by atoms with E-state index in [0.29, 0.717) is 31.1 Å². The monoisotopic (exact) mass is 401 g/mol. The van der Waals surface area contributed by atoms with Gasteiger partial charge >= 0.3 is 6.09 Å². The molecule has 1 saturated heterocycles. The van der Waals surface area contributed by atoms with E-state index >= 15 is 0 Å². The number of nitrogens with zero attached hydrogens (tertiary/aromatic N) is 4. The van der Waals surface area contributed by atoms with E-state index in [-0.39, 0.29) is 17.3 Å². The van der Waals surface area contributed by atoms with Crippen LogP contribution >= 0.6 is 0 Å². The maximum Gasteiger partial charge on any atom is 0.407 e. The summed E-state index contributed by atoms with van der Waals surface area (Å²) in [6, 6.07) is 5.90. The molecule has 1 fully saturated rings. The highest BCUT2D eigenvalue weighted by molar-refractivity contribution is 5.66. The SMILES string of the molecule is CC(C)(C)C1CN(c2ncc([C@@](C)(N)c3ccc(F)cc3)cn2)CCN1C(=O)O.